The van der Waals surface area contributed by atoms with Crippen molar-refractivity contribution in [1.82, 2.24) is 0 Å². The number of nitrogens with one attached hydrogen (secondary N) is 4. The second-order valence-corrected chi connectivity index (χ2v) is 19.2. The normalized spacial score (nSPS) is 11.9. The van der Waals surface area contributed by atoms with Crippen molar-refractivity contribution >= 4 is 96.3 Å². The van der Waals surface area contributed by atoms with Gasteiger partial charge in [0.15, 0.2) is 0 Å². The molecule has 6 aromatic carbocycles. The van der Waals surface area contributed by atoms with Gasteiger partial charge in [0.1, 0.15) is 22.6 Å². The molecule has 6 rings (SSSR count). The number of rotatable bonds is 12. The summed E-state index contributed by atoms with van der Waals surface area (Å²) in [6.07, 6.45) is 1.89. The van der Waals surface area contributed by atoms with Gasteiger partial charge in [-0.2, -0.15) is 0 Å². The fourth-order valence-electron chi connectivity index (χ4n) is 5.50. The monoisotopic (exact) mass is 872 g/mol. The number of carboxylic acids is 2. The van der Waals surface area contributed by atoms with Crippen LogP contribution in [0.1, 0.15) is 20.7 Å². The molecule has 0 radical (unpaired) electrons. The molecule has 0 heterocycles. The lowest BCUT2D eigenvalue weighted by Gasteiger charge is -2.13. The molecule has 0 fully saturated rings. The Kier molecular flexibility index (Phi) is 11.8. The van der Waals surface area contributed by atoms with E-state index in [1.807, 2.05) is 0 Å². The number of carboxylic acid groups (broad SMARTS) is 2. The van der Waals surface area contributed by atoms with Crippen molar-refractivity contribution in [3.8, 4) is 11.5 Å². The van der Waals surface area contributed by atoms with Crippen LogP contribution in [0.25, 0.3) is 21.5 Å². The molecule has 0 saturated carbocycles. The van der Waals surface area contributed by atoms with E-state index in [0.29, 0.717) is 10.8 Å². The maximum Gasteiger partial charge on any atom is 0.339 e. The largest absolute Gasteiger partial charge is 0.506 e. The molecule has 8 N–H and O–H groups in total. The number of benzene rings is 6. The predicted molar refractivity (Wildman–Crippen MR) is 217 cm³/mol. The van der Waals surface area contributed by atoms with Crippen LogP contribution >= 0.6 is 0 Å². The molecule has 22 heteroatoms. The Morgan fingerprint density at radius 1 is 0.448 bits per heavy atom. The Labute approximate surface area is 331 Å². The van der Waals surface area contributed by atoms with Crippen LogP contribution < -0.4 is 18.9 Å². The summed E-state index contributed by atoms with van der Waals surface area (Å²) in [4.78, 5) is 22.0. The number of aromatic carboxylic acids is 2. The van der Waals surface area contributed by atoms with Gasteiger partial charge in [0.25, 0.3) is 20.0 Å². The number of hydrogen-bond acceptors (Lipinski definition) is 12. The van der Waals surface area contributed by atoms with Gasteiger partial charge in [0.2, 0.25) is 20.0 Å². The van der Waals surface area contributed by atoms with E-state index in [2.05, 4.69) is 18.9 Å². The van der Waals surface area contributed by atoms with Gasteiger partial charge in [-0.25, -0.2) is 43.3 Å². The average Bonchev–Trinajstić information content (AvgIpc) is 3.11. The molecule has 58 heavy (non-hydrogen) atoms. The Hall–Kier alpha value is -6.62. The van der Waals surface area contributed by atoms with E-state index in [0.717, 1.165) is 24.6 Å². The Bertz CT molecular complexity index is 2880. The fraction of sp³-hybridized carbons (Fsp3) is 0.0556. The lowest BCUT2D eigenvalue weighted by Crippen LogP contribution is -2.14. The van der Waals surface area contributed by atoms with Crippen molar-refractivity contribution in [3.63, 3.8) is 0 Å². The molecule has 0 aliphatic heterocycles. The Balaban J connectivity index is 0.000000221. The van der Waals surface area contributed by atoms with Crippen molar-refractivity contribution in [2.45, 2.75) is 9.79 Å². The first-order valence-electron chi connectivity index (χ1n) is 16.1. The highest BCUT2D eigenvalue weighted by Crippen LogP contribution is 2.36. The molecule has 18 nitrogen and oxygen atoms in total. The zero-order valence-corrected chi connectivity index (χ0v) is 33.2. The molecule has 0 unspecified atom stereocenters. The predicted octanol–water partition coefficient (Wildman–Crippen LogP) is 4.83. The molecule has 0 atom stereocenters. The topological polar surface area (TPSA) is 300 Å². The van der Waals surface area contributed by atoms with Crippen LogP contribution in [0.2, 0.25) is 0 Å². The summed E-state index contributed by atoms with van der Waals surface area (Å²) >= 11 is 0. The standard InChI is InChI=1S/2C18H16N2O7S2/c2*1-28(24,25)19-11-4-2-5-12(10-11)29(26,27)20-16-7-3-6-14-13(16)8-9-15(17(14)21)18(22)23/h2*2-10,19-21H,1H3,(H,22,23). The molecule has 0 saturated heterocycles. The SMILES string of the molecule is CS(=O)(=O)Nc1cccc(S(=O)(=O)Nc2cccc3c(O)c(C(=O)O)ccc23)c1.CS(=O)(=O)Nc1cccc(S(=O)(=O)Nc2cccc3c(O)c(C(=O)O)ccc23)c1. The van der Waals surface area contributed by atoms with E-state index in [1.54, 1.807) is 0 Å². The van der Waals surface area contributed by atoms with E-state index in [9.17, 15) is 53.5 Å². The van der Waals surface area contributed by atoms with Gasteiger partial charge < -0.3 is 20.4 Å². The lowest BCUT2D eigenvalue weighted by molar-refractivity contribution is 0.0682. The number of hydrogen-bond donors (Lipinski definition) is 8. The molecule has 0 aliphatic rings. The van der Waals surface area contributed by atoms with Gasteiger partial charge in [0.05, 0.1) is 33.7 Å². The van der Waals surface area contributed by atoms with Crippen LogP contribution in [0.5, 0.6) is 11.5 Å². The average molecular weight is 873 g/mol. The Morgan fingerprint density at radius 3 is 1.12 bits per heavy atom. The second kappa shape index (κ2) is 16.1. The van der Waals surface area contributed by atoms with Crippen molar-refractivity contribution in [2.24, 2.45) is 0 Å². The molecule has 0 aromatic heterocycles. The third kappa shape index (κ3) is 10.0. The van der Waals surface area contributed by atoms with E-state index < -0.39 is 63.5 Å². The molecule has 0 aliphatic carbocycles. The van der Waals surface area contributed by atoms with Crippen LogP contribution in [0, 0.1) is 0 Å². The molecule has 0 amide bonds. The molecule has 6 aromatic rings. The maximum atomic E-state index is 12.8. The Morgan fingerprint density at radius 2 is 0.793 bits per heavy atom. The van der Waals surface area contributed by atoms with Gasteiger partial charge >= 0.3 is 11.9 Å². The first-order valence-corrected chi connectivity index (χ1v) is 22.9. The van der Waals surface area contributed by atoms with Crippen molar-refractivity contribution in [2.75, 3.05) is 31.4 Å². The lowest BCUT2D eigenvalue weighted by atomic mass is 10.0. The summed E-state index contributed by atoms with van der Waals surface area (Å²) in [7, 11) is -15.4. The van der Waals surface area contributed by atoms with E-state index in [-0.39, 0.29) is 54.4 Å². The number of carbonyl (C=O) groups is 2. The van der Waals surface area contributed by atoms with Crippen LogP contribution in [-0.4, -0.2) is 78.5 Å². The van der Waals surface area contributed by atoms with Gasteiger partial charge in [-0.3, -0.25) is 18.9 Å². The molecular formula is C36H32N4O14S4. The highest BCUT2D eigenvalue weighted by molar-refractivity contribution is 7.93. The van der Waals surface area contributed by atoms with Crippen LogP contribution in [0.15, 0.2) is 119 Å². The maximum absolute atomic E-state index is 12.8. The van der Waals surface area contributed by atoms with E-state index >= 15 is 0 Å². The van der Waals surface area contributed by atoms with Gasteiger partial charge in [-0.05, 0) is 60.7 Å². The second-order valence-electron chi connectivity index (χ2n) is 12.4. The highest BCUT2D eigenvalue weighted by Gasteiger charge is 2.21. The van der Waals surface area contributed by atoms with Crippen LogP contribution in [0.3, 0.4) is 0 Å². The quantitative estimate of drug-likeness (QED) is 0.0817. The van der Waals surface area contributed by atoms with E-state index in [1.165, 1.54) is 97.1 Å². The summed E-state index contributed by atoms with van der Waals surface area (Å²) < 4.78 is 106. The summed E-state index contributed by atoms with van der Waals surface area (Å²) in [6.45, 7) is 0. The van der Waals surface area contributed by atoms with Crippen LogP contribution in [-0.2, 0) is 40.1 Å². The molecule has 0 bridgehead atoms. The number of sulfonamides is 4. The van der Waals surface area contributed by atoms with Crippen molar-refractivity contribution < 1.29 is 63.7 Å². The van der Waals surface area contributed by atoms with Crippen molar-refractivity contribution in [1.29, 1.82) is 0 Å². The summed E-state index contributed by atoms with van der Waals surface area (Å²) in [6, 6.07) is 24.4. The molecule has 0 spiro atoms. The van der Waals surface area contributed by atoms with Gasteiger partial charge in [-0.15, -0.1) is 0 Å². The first-order chi connectivity index (χ1) is 27.0. The minimum atomic E-state index is -4.10. The number of phenols is 2. The summed E-state index contributed by atoms with van der Waals surface area (Å²) in [5.41, 5.74) is -0.212. The van der Waals surface area contributed by atoms with Crippen molar-refractivity contribution in [3.05, 3.63) is 120 Å². The number of anilines is 4. The first kappa shape index (κ1) is 42.5. The van der Waals surface area contributed by atoms with Gasteiger partial charge in [-0.1, -0.05) is 48.5 Å². The fourth-order valence-corrected chi connectivity index (χ4v) is 8.86. The minimum Gasteiger partial charge on any atom is -0.506 e. The minimum absolute atomic E-state index is 0.0806. The summed E-state index contributed by atoms with van der Waals surface area (Å²) in [5.74, 6) is -3.58. The third-order valence-corrected chi connectivity index (χ3v) is 11.9. The van der Waals surface area contributed by atoms with Crippen LogP contribution in [0.4, 0.5) is 22.7 Å². The third-order valence-electron chi connectivity index (χ3n) is 7.91. The summed E-state index contributed by atoms with van der Waals surface area (Å²) in [5, 5.41) is 39.5. The smallest absolute Gasteiger partial charge is 0.339 e. The molecule has 304 valence electrons. The van der Waals surface area contributed by atoms with E-state index in [4.69, 9.17) is 10.2 Å². The highest BCUT2D eigenvalue weighted by atomic mass is 32.2. The zero-order valence-electron chi connectivity index (χ0n) is 29.9. The number of fused-ring (bicyclic) bond motifs is 2. The zero-order chi connectivity index (χ0) is 42.8. The molecular weight excluding hydrogens is 841 g/mol. The number of aromatic hydroxyl groups is 2. The van der Waals surface area contributed by atoms with Gasteiger partial charge in [0, 0.05) is 32.9 Å².